The van der Waals surface area contributed by atoms with Gasteiger partial charge in [-0.1, -0.05) is 60.1 Å². The number of carbonyl (C=O) groups is 3. The summed E-state index contributed by atoms with van der Waals surface area (Å²) >= 11 is 0. The second-order valence-corrected chi connectivity index (χ2v) is 14.7. The summed E-state index contributed by atoms with van der Waals surface area (Å²) in [5.41, 5.74) is -1.61. The largest absolute Gasteiger partial charge is 0.478 e. The van der Waals surface area contributed by atoms with Gasteiger partial charge in [-0.3, -0.25) is 9.59 Å². The molecule has 194 valence electrons. The fourth-order valence-corrected chi connectivity index (χ4v) is 9.90. The molecular formula is C31H41NO4. The molecule has 5 aliphatic rings. The van der Waals surface area contributed by atoms with Gasteiger partial charge in [-0.15, -0.1) is 0 Å². The molecule has 7 atom stereocenters. The summed E-state index contributed by atoms with van der Waals surface area (Å²) in [4.78, 5) is 39.6. The van der Waals surface area contributed by atoms with E-state index in [0.29, 0.717) is 0 Å². The van der Waals surface area contributed by atoms with Crippen LogP contribution in [0, 0.1) is 61.6 Å². The number of hydrogen-bond acceptors (Lipinski definition) is 4. The number of carboxylic acid groups (broad SMARTS) is 1. The van der Waals surface area contributed by atoms with Crippen LogP contribution in [0.1, 0.15) is 93.4 Å². The van der Waals surface area contributed by atoms with Gasteiger partial charge in [-0.2, -0.15) is 5.26 Å². The van der Waals surface area contributed by atoms with Crippen LogP contribution >= 0.6 is 0 Å². The molecule has 3 fully saturated rings. The molecule has 0 aromatic rings. The third-order valence-corrected chi connectivity index (χ3v) is 12.2. The summed E-state index contributed by atoms with van der Waals surface area (Å²) in [6, 6.07) is 2.71. The maximum absolute atomic E-state index is 14.2. The van der Waals surface area contributed by atoms with Crippen LogP contribution in [0.25, 0.3) is 0 Å². The smallest absolute Gasteiger partial charge is 0.339 e. The predicted molar refractivity (Wildman–Crippen MR) is 137 cm³/mol. The van der Waals surface area contributed by atoms with E-state index in [1.807, 2.05) is 19.9 Å². The summed E-state index contributed by atoms with van der Waals surface area (Å²) in [5.74, 6) is -1.63. The van der Waals surface area contributed by atoms with Gasteiger partial charge >= 0.3 is 5.97 Å². The van der Waals surface area contributed by atoms with Crippen LogP contribution in [-0.2, 0) is 14.4 Å². The number of allylic oxidation sites excluding steroid dienone is 3. The van der Waals surface area contributed by atoms with Crippen molar-refractivity contribution in [3.8, 4) is 6.07 Å². The molecule has 0 aliphatic heterocycles. The number of aliphatic carboxylic acids is 1. The van der Waals surface area contributed by atoms with Crippen molar-refractivity contribution in [2.24, 2.45) is 50.2 Å². The van der Waals surface area contributed by atoms with Gasteiger partial charge in [0.15, 0.2) is 11.6 Å². The number of Topliss-reactive ketones (excluding diaryl/α,β-unsaturated/α-hetero) is 1. The minimum atomic E-state index is -1.19. The van der Waals surface area contributed by atoms with Gasteiger partial charge in [0.25, 0.3) is 0 Å². The molecule has 0 saturated heterocycles. The van der Waals surface area contributed by atoms with Gasteiger partial charge in [0.2, 0.25) is 0 Å². The maximum atomic E-state index is 14.2. The minimum absolute atomic E-state index is 0.0344. The molecule has 5 heteroatoms. The number of nitrogens with zero attached hydrogens (tertiary/aromatic N) is 1. The molecule has 2 unspecified atom stereocenters. The van der Waals surface area contributed by atoms with E-state index in [0.717, 1.165) is 50.5 Å². The zero-order chi connectivity index (χ0) is 26.7. The molecular weight excluding hydrogens is 450 g/mol. The van der Waals surface area contributed by atoms with Crippen molar-refractivity contribution in [2.45, 2.75) is 93.4 Å². The van der Waals surface area contributed by atoms with Gasteiger partial charge in [0.1, 0.15) is 0 Å². The average Bonchev–Trinajstić information content (AvgIpc) is 2.77. The van der Waals surface area contributed by atoms with E-state index in [9.17, 15) is 24.8 Å². The summed E-state index contributed by atoms with van der Waals surface area (Å²) in [7, 11) is 0. The Hall–Kier alpha value is -2.22. The van der Waals surface area contributed by atoms with Gasteiger partial charge in [-0.25, -0.2) is 4.79 Å². The molecule has 0 radical (unpaired) electrons. The van der Waals surface area contributed by atoms with Crippen LogP contribution in [0.2, 0.25) is 0 Å². The van der Waals surface area contributed by atoms with Gasteiger partial charge in [0.05, 0.1) is 17.1 Å². The SMILES string of the molecule is CC1(C)CC[C@]2(C#N)CC[C@]3(C)C(C(=O)C=C4[C@@]5(C)C=C(C(=O)O)C(=O)C(C)(C)[C@@H]5CC[C@]43C)C2C1. The quantitative estimate of drug-likeness (QED) is 0.435. The fraction of sp³-hybridized carbons (Fsp3) is 0.742. The molecule has 0 spiro atoms. The van der Waals surface area contributed by atoms with Crippen LogP contribution in [0.5, 0.6) is 0 Å². The molecule has 0 heterocycles. The van der Waals surface area contributed by atoms with Crippen LogP contribution in [0.4, 0.5) is 0 Å². The van der Waals surface area contributed by atoms with Crippen molar-refractivity contribution in [3.63, 3.8) is 0 Å². The van der Waals surface area contributed by atoms with Crippen molar-refractivity contribution < 1.29 is 19.5 Å². The van der Waals surface area contributed by atoms with Crippen LogP contribution in [0.3, 0.4) is 0 Å². The lowest BCUT2D eigenvalue weighted by Gasteiger charge is -2.68. The van der Waals surface area contributed by atoms with Crippen molar-refractivity contribution in [3.05, 3.63) is 23.3 Å². The lowest BCUT2D eigenvalue weighted by atomic mass is 9.34. The monoisotopic (exact) mass is 491 g/mol. The van der Waals surface area contributed by atoms with E-state index in [-0.39, 0.29) is 51.1 Å². The minimum Gasteiger partial charge on any atom is -0.478 e. The number of carboxylic acids is 1. The molecule has 0 bridgehead atoms. The van der Waals surface area contributed by atoms with Gasteiger partial charge in [-0.05, 0) is 79.1 Å². The number of fused-ring (bicyclic) bond motifs is 7. The number of ketones is 2. The number of rotatable bonds is 1. The van der Waals surface area contributed by atoms with E-state index in [2.05, 4.69) is 40.7 Å². The zero-order valence-electron chi connectivity index (χ0n) is 23.0. The van der Waals surface area contributed by atoms with Crippen molar-refractivity contribution in [2.75, 3.05) is 0 Å². The van der Waals surface area contributed by atoms with Crippen LogP contribution in [0.15, 0.2) is 23.3 Å². The maximum Gasteiger partial charge on any atom is 0.339 e. The van der Waals surface area contributed by atoms with Crippen LogP contribution < -0.4 is 0 Å². The van der Waals surface area contributed by atoms with E-state index >= 15 is 0 Å². The second kappa shape index (κ2) is 7.21. The Morgan fingerprint density at radius 3 is 2.25 bits per heavy atom. The topological polar surface area (TPSA) is 95.2 Å². The Kier molecular flexibility index (Phi) is 5.09. The molecule has 5 rings (SSSR count). The first-order valence-corrected chi connectivity index (χ1v) is 13.7. The molecule has 1 N–H and O–H groups in total. The molecule has 0 aromatic carbocycles. The third-order valence-electron chi connectivity index (χ3n) is 12.2. The van der Waals surface area contributed by atoms with Crippen molar-refractivity contribution in [1.29, 1.82) is 5.26 Å². The lowest BCUT2D eigenvalue weighted by Crippen LogP contribution is -2.64. The highest BCUT2D eigenvalue weighted by molar-refractivity contribution is 6.19. The highest BCUT2D eigenvalue weighted by Gasteiger charge is 2.70. The predicted octanol–water partition coefficient (Wildman–Crippen LogP) is 6.29. The van der Waals surface area contributed by atoms with Crippen LogP contribution in [-0.4, -0.2) is 22.6 Å². The van der Waals surface area contributed by atoms with E-state index in [4.69, 9.17) is 0 Å². The first-order valence-electron chi connectivity index (χ1n) is 13.7. The summed E-state index contributed by atoms with van der Waals surface area (Å²) in [6.07, 6.45) is 9.58. The third kappa shape index (κ3) is 2.91. The second-order valence-electron chi connectivity index (χ2n) is 14.7. The average molecular weight is 492 g/mol. The Bertz CT molecular complexity index is 1180. The number of hydrogen-bond donors (Lipinski definition) is 1. The first-order chi connectivity index (χ1) is 16.5. The number of nitriles is 1. The molecule has 36 heavy (non-hydrogen) atoms. The number of carbonyl (C=O) groups excluding carboxylic acids is 2. The Balaban J connectivity index is 1.71. The summed E-state index contributed by atoms with van der Waals surface area (Å²) in [6.45, 7) is 14.9. The fourth-order valence-electron chi connectivity index (χ4n) is 9.90. The van der Waals surface area contributed by atoms with E-state index < -0.39 is 22.2 Å². The van der Waals surface area contributed by atoms with Crippen molar-refractivity contribution in [1.82, 2.24) is 0 Å². The summed E-state index contributed by atoms with van der Waals surface area (Å²) < 4.78 is 0. The molecule has 0 amide bonds. The highest BCUT2D eigenvalue weighted by atomic mass is 16.4. The van der Waals surface area contributed by atoms with Gasteiger partial charge < -0.3 is 5.11 Å². The van der Waals surface area contributed by atoms with Crippen molar-refractivity contribution >= 4 is 17.5 Å². The Morgan fingerprint density at radius 2 is 1.64 bits per heavy atom. The van der Waals surface area contributed by atoms with E-state index in [1.165, 1.54) is 0 Å². The summed E-state index contributed by atoms with van der Waals surface area (Å²) in [5, 5.41) is 20.3. The Morgan fingerprint density at radius 1 is 1.00 bits per heavy atom. The van der Waals surface area contributed by atoms with E-state index in [1.54, 1.807) is 6.08 Å². The molecule has 0 aromatic heterocycles. The first kappa shape index (κ1) is 25.4. The lowest BCUT2D eigenvalue weighted by molar-refractivity contribution is -0.163. The standard InChI is InChI=1S/C31H41NO4/c1-26(2)10-12-31(17-32)13-11-30(7)23(19(31)16-26)20(33)14-22-28(5)15-18(25(35)36)24(34)27(3,4)21(28)8-9-29(22,30)6/h14-15,19,21,23H,8-13,16H2,1-7H3,(H,35,36)/t19?,21-,23?,28-,29+,30+,31+/m0/s1. The molecule has 3 saturated carbocycles. The highest BCUT2D eigenvalue weighted by Crippen LogP contribution is 2.74. The Labute approximate surface area is 215 Å². The normalized spacial score (nSPS) is 46.7. The van der Waals surface area contributed by atoms with Gasteiger partial charge in [0, 0.05) is 16.7 Å². The zero-order valence-corrected chi connectivity index (χ0v) is 23.0. The molecule has 5 nitrogen and oxygen atoms in total. The molecule has 5 aliphatic carbocycles.